The summed E-state index contributed by atoms with van der Waals surface area (Å²) in [5.41, 5.74) is 0. The van der Waals surface area contributed by atoms with Crippen molar-refractivity contribution in [3.63, 3.8) is 0 Å². The molecule has 1 aliphatic rings. The standard InChI is InChI=1S/C18H27NO4/c1-2-3-8-16(20)12-10-15-11-13-17(21)19(15)14-7-5-4-6-9-18(22)23/h10,12,15-16,20H,2,4-7,9,11,13-14H2,1H3,(H,22,23)/b12-10+/t15-,16-/m0/s1. The highest BCUT2D eigenvalue weighted by Crippen LogP contribution is 2.21. The Kier molecular flexibility index (Phi) is 9.08. The van der Waals surface area contributed by atoms with E-state index in [1.165, 1.54) is 0 Å². The average Bonchev–Trinajstić information content (AvgIpc) is 2.86. The summed E-state index contributed by atoms with van der Waals surface area (Å²) in [6.45, 7) is 2.62. The van der Waals surface area contributed by atoms with E-state index < -0.39 is 12.1 Å². The molecule has 1 amide bonds. The van der Waals surface area contributed by atoms with Crippen LogP contribution in [-0.2, 0) is 9.59 Å². The molecule has 0 aliphatic carbocycles. The van der Waals surface area contributed by atoms with Gasteiger partial charge >= 0.3 is 5.97 Å². The summed E-state index contributed by atoms with van der Waals surface area (Å²) in [7, 11) is 0. The highest BCUT2D eigenvalue weighted by atomic mass is 16.4. The number of hydrogen-bond donors (Lipinski definition) is 2. The van der Waals surface area contributed by atoms with Crippen molar-refractivity contribution < 1.29 is 19.8 Å². The normalized spacial score (nSPS) is 19.0. The van der Waals surface area contributed by atoms with Gasteiger partial charge in [-0.25, -0.2) is 0 Å². The van der Waals surface area contributed by atoms with Crippen molar-refractivity contribution in [3.8, 4) is 11.8 Å². The minimum Gasteiger partial charge on any atom is -0.481 e. The number of likely N-dealkylation sites (tertiary alicyclic amines) is 1. The van der Waals surface area contributed by atoms with Gasteiger partial charge in [-0.2, -0.15) is 0 Å². The molecule has 0 aromatic rings. The largest absolute Gasteiger partial charge is 0.481 e. The zero-order valence-corrected chi connectivity index (χ0v) is 13.8. The smallest absolute Gasteiger partial charge is 0.303 e. The lowest BCUT2D eigenvalue weighted by molar-refractivity contribution is -0.137. The molecule has 0 unspecified atom stereocenters. The lowest BCUT2D eigenvalue weighted by Crippen LogP contribution is -2.32. The molecular weight excluding hydrogens is 294 g/mol. The number of aliphatic hydroxyl groups excluding tert-OH is 1. The molecule has 1 aliphatic heterocycles. The molecule has 0 aromatic heterocycles. The van der Waals surface area contributed by atoms with Gasteiger partial charge in [-0.15, -0.1) is 5.92 Å². The highest BCUT2D eigenvalue weighted by Gasteiger charge is 2.28. The zero-order valence-electron chi connectivity index (χ0n) is 13.8. The van der Waals surface area contributed by atoms with Crippen LogP contribution in [0.1, 0.15) is 58.3 Å². The van der Waals surface area contributed by atoms with E-state index in [0.29, 0.717) is 25.8 Å². The topological polar surface area (TPSA) is 77.8 Å². The summed E-state index contributed by atoms with van der Waals surface area (Å²) in [6.07, 6.45) is 8.39. The first-order valence-corrected chi connectivity index (χ1v) is 8.40. The number of carboxylic acid groups (broad SMARTS) is 1. The predicted molar refractivity (Wildman–Crippen MR) is 88.7 cm³/mol. The van der Waals surface area contributed by atoms with Crippen molar-refractivity contribution in [2.45, 2.75) is 70.4 Å². The third-order valence-corrected chi connectivity index (χ3v) is 3.86. The molecule has 0 spiro atoms. The summed E-state index contributed by atoms with van der Waals surface area (Å²) in [4.78, 5) is 24.2. The Bertz CT molecular complexity index is 475. The maximum Gasteiger partial charge on any atom is 0.303 e. The molecule has 0 saturated carbocycles. The van der Waals surface area contributed by atoms with E-state index in [2.05, 4.69) is 11.8 Å². The van der Waals surface area contributed by atoms with E-state index in [9.17, 15) is 14.7 Å². The number of aliphatic hydroxyl groups is 1. The molecule has 23 heavy (non-hydrogen) atoms. The minimum atomic E-state index is -0.775. The van der Waals surface area contributed by atoms with E-state index in [-0.39, 0.29) is 18.4 Å². The van der Waals surface area contributed by atoms with Crippen LogP contribution in [0.2, 0.25) is 0 Å². The number of nitrogens with zero attached hydrogens (tertiary/aromatic N) is 1. The Morgan fingerprint density at radius 1 is 1.39 bits per heavy atom. The Balaban J connectivity index is 2.35. The summed E-state index contributed by atoms with van der Waals surface area (Å²) in [5.74, 6) is 4.95. The van der Waals surface area contributed by atoms with E-state index in [1.807, 2.05) is 17.9 Å². The Morgan fingerprint density at radius 2 is 2.13 bits per heavy atom. The van der Waals surface area contributed by atoms with Gasteiger partial charge in [0.25, 0.3) is 0 Å². The first kappa shape index (κ1) is 19.2. The number of carbonyl (C=O) groups excluding carboxylic acids is 1. The highest BCUT2D eigenvalue weighted by molar-refractivity contribution is 5.79. The molecule has 2 N–H and O–H groups in total. The lowest BCUT2D eigenvalue weighted by atomic mass is 10.1. The molecule has 5 heteroatoms. The molecule has 1 saturated heterocycles. The molecule has 0 aromatic carbocycles. The lowest BCUT2D eigenvalue weighted by Gasteiger charge is -2.22. The van der Waals surface area contributed by atoms with Gasteiger partial charge in [0.2, 0.25) is 5.91 Å². The first-order chi connectivity index (χ1) is 11.0. The molecular formula is C18H27NO4. The molecule has 1 heterocycles. The van der Waals surface area contributed by atoms with E-state index in [0.717, 1.165) is 25.7 Å². The van der Waals surface area contributed by atoms with Crippen LogP contribution in [0.3, 0.4) is 0 Å². The fraction of sp³-hybridized carbons (Fsp3) is 0.667. The summed E-state index contributed by atoms with van der Waals surface area (Å²) in [6, 6.07) is 0.0413. The van der Waals surface area contributed by atoms with Crippen LogP contribution in [0, 0.1) is 11.8 Å². The SMILES string of the molecule is CCC#C[C@H](O)/C=C/[C@H]1CCC(=O)N1CCCCCCC(=O)O. The number of unbranched alkanes of at least 4 members (excludes halogenated alkanes) is 3. The van der Waals surface area contributed by atoms with Crippen LogP contribution < -0.4 is 0 Å². The molecule has 0 bridgehead atoms. The monoisotopic (exact) mass is 321 g/mol. The van der Waals surface area contributed by atoms with Gasteiger partial charge in [-0.1, -0.05) is 31.8 Å². The number of hydrogen-bond acceptors (Lipinski definition) is 3. The second-order valence-corrected chi connectivity index (χ2v) is 5.76. The predicted octanol–water partition coefficient (Wildman–Crippen LogP) is 2.34. The third-order valence-electron chi connectivity index (χ3n) is 3.86. The van der Waals surface area contributed by atoms with Crippen LogP contribution in [-0.4, -0.2) is 45.7 Å². The van der Waals surface area contributed by atoms with Crippen molar-refractivity contribution >= 4 is 11.9 Å². The van der Waals surface area contributed by atoms with Gasteiger partial charge in [0.15, 0.2) is 0 Å². The molecule has 1 rings (SSSR count). The number of amides is 1. The number of carboxylic acids is 1. The number of aliphatic carboxylic acids is 1. The summed E-state index contributed by atoms with van der Waals surface area (Å²) in [5, 5.41) is 18.3. The van der Waals surface area contributed by atoms with Crippen LogP contribution >= 0.6 is 0 Å². The van der Waals surface area contributed by atoms with Crippen molar-refractivity contribution in [1.82, 2.24) is 4.90 Å². The first-order valence-electron chi connectivity index (χ1n) is 8.40. The van der Waals surface area contributed by atoms with Gasteiger partial charge in [-0.3, -0.25) is 9.59 Å². The number of carbonyl (C=O) groups is 2. The van der Waals surface area contributed by atoms with Crippen molar-refractivity contribution in [2.24, 2.45) is 0 Å². The minimum absolute atomic E-state index is 0.0413. The van der Waals surface area contributed by atoms with Crippen LogP contribution in [0.4, 0.5) is 0 Å². The van der Waals surface area contributed by atoms with Crippen molar-refractivity contribution in [2.75, 3.05) is 6.54 Å². The fourth-order valence-electron chi connectivity index (χ4n) is 2.65. The second kappa shape index (κ2) is 10.8. The van der Waals surface area contributed by atoms with Gasteiger partial charge < -0.3 is 15.1 Å². The molecule has 1 fully saturated rings. The van der Waals surface area contributed by atoms with Crippen LogP contribution in [0.5, 0.6) is 0 Å². The second-order valence-electron chi connectivity index (χ2n) is 5.76. The molecule has 5 nitrogen and oxygen atoms in total. The fourth-order valence-corrected chi connectivity index (χ4v) is 2.65. The molecule has 128 valence electrons. The maximum absolute atomic E-state index is 11.9. The number of rotatable bonds is 9. The Morgan fingerprint density at radius 3 is 2.83 bits per heavy atom. The summed E-state index contributed by atoms with van der Waals surface area (Å²) < 4.78 is 0. The van der Waals surface area contributed by atoms with E-state index in [4.69, 9.17) is 5.11 Å². The third kappa shape index (κ3) is 7.85. The van der Waals surface area contributed by atoms with Gasteiger partial charge in [0.05, 0.1) is 6.04 Å². The summed E-state index contributed by atoms with van der Waals surface area (Å²) >= 11 is 0. The van der Waals surface area contributed by atoms with Gasteiger partial charge in [0.1, 0.15) is 6.10 Å². The quantitative estimate of drug-likeness (QED) is 0.388. The average molecular weight is 321 g/mol. The van der Waals surface area contributed by atoms with Crippen LogP contribution in [0.25, 0.3) is 0 Å². The zero-order chi connectivity index (χ0) is 17.1. The van der Waals surface area contributed by atoms with E-state index in [1.54, 1.807) is 6.08 Å². The van der Waals surface area contributed by atoms with Crippen molar-refractivity contribution in [1.29, 1.82) is 0 Å². The Hall–Kier alpha value is -1.80. The Labute approximate surface area is 138 Å². The van der Waals surface area contributed by atoms with Gasteiger partial charge in [0, 0.05) is 25.8 Å². The van der Waals surface area contributed by atoms with Gasteiger partial charge in [-0.05, 0) is 25.3 Å². The van der Waals surface area contributed by atoms with Crippen LogP contribution in [0.15, 0.2) is 12.2 Å². The van der Waals surface area contributed by atoms with E-state index >= 15 is 0 Å². The molecule has 2 atom stereocenters. The molecule has 0 radical (unpaired) electrons. The van der Waals surface area contributed by atoms with Crippen molar-refractivity contribution in [3.05, 3.63) is 12.2 Å². The maximum atomic E-state index is 11.9.